The van der Waals surface area contributed by atoms with Crippen LogP contribution in [0.1, 0.15) is 19.4 Å². The Morgan fingerprint density at radius 3 is 1.78 bits per heavy atom. The Morgan fingerprint density at radius 2 is 1.47 bits per heavy atom. The Bertz CT molecular complexity index is 853. The predicted octanol–water partition coefficient (Wildman–Crippen LogP) is -1.44. The molecule has 1 aromatic rings. The summed E-state index contributed by atoms with van der Waals surface area (Å²) in [5.41, 5.74) is 6.63. The second kappa shape index (κ2) is 17.1. The summed E-state index contributed by atoms with van der Waals surface area (Å²) in [6.45, 7) is 4.77. The molecule has 0 amide bonds. The van der Waals surface area contributed by atoms with Crippen molar-refractivity contribution in [2.75, 3.05) is 20.8 Å². The second-order valence-corrected chi connectivity index (χ2v) is 6.67. The summed E-state index contributed by atoms with van der Waals surface area (Å²) in [4.78, 5) is 4.45. The van der Waals surface area contributed by atoms with Gasteiger partial charge in [0.25, 0.3) is 0 Å². The molecule has 0 atom stereocenters. The predicted molar refractivity (Wildman–Crippen MR) is 122 cm³/mol. The summed E-state index contributed by atoms with van der Waals surface area (Å²) in [6, 6.07) is 10.8. The normalized spacial score (nSPS) is 15.8. The van der Waals surface area contributed by atoms with E-state index in [4.69, 9.17) is 14.2 Å². The van der Waals surface area contributed by atoms with Crippen molar-refractivity contribution in [1.82, 2.24) is 0 Å². The molecule has 7 heteroatoms. The van der Waals surface area contributed by atoms with Crippen molar-refractivity contribution in [2.24, 2.45) is 4.99 Å². The average molecular weight is 635 g/mol. The van der Waals surface area contributed by atoms with Gasteiger partial charge < -0.3 is 23.6 Å². The molecule has 32 heavy (non-hydrogen) atoms. The smallest absolute Gasteiger partial charge is 1.00 e. The molecule has 3 aliphatic rings. The van der Waals surface area contributed by atoms with E-state index in [0.29, 0.717) is 12.5 Å². The molecule has 0 saturated heterocycles. The summed E-state index contributed by atoms with van der Waals surface area (Å²) in [5, 5.41) is 0. The zero-order chi connectivity index (χ0) is 21.0. The van der Waals surface area contributed by atoms with E-state index in [1.807, 2.05) is 73.6 Å². The van der Waals surface area contributed by atoms with Crippen LogP contribution < -0.4 is 9.41 Å². The first-order valence-electron chi connectivity index (χ1n) is 9.24. The zero-order valence-electron chi connectivity index (χ0n) is 18.5. The topological polar surface area (TPSA) is 40.0 Å². The number of hydrogen-bond donors (Lipinski definition) is 0. The Balaban J connectivity index is 0. The maximum absolute atomic E-state index is 5.47. The molecule has 1 aliphatic heterocycles. The van der Waals surface area contributed by atoms with Crippen molar-refractivity contribution in [2.45, 2.75) is 19.4 Å². The molecule has 0 saturated carbocycles. The number of nitrogens with zero attached hydrogens (tertiary/aromatic N) is 1. The van der Waals surface area contributed by atoms with Crippen LogP contribution in [-0.4, -0.2) is 58.5 Å². The van der Waals surface area contributed by atoms with Crippen molar-refractivity contribution < 1.29 is 23.6 Å². The molecule has 1 aromatic carbocycles. The van der Waals surface area contributed by atoms with E-state index in [0.717, 1.165) is 17.1 Å². The van der Waals surface area contributed by atoms with Gasteiger partial charge in [0.2, 0.25) is 5.90 Å². The Labute approximate surface area is 208 Å². The average Bonchev–Trinajstić information content (AvgIpc) is 3.16. The fourth-order valence-electron chi connectivity index (χ4n) is 2.26. The van der Waals surface area contributed by atoms with E-state index in [-0.39, 0.29) is 41.2 Å². The summed E-state index contributed by atoms with van der Waals surface area (Å²) in [6.07, 6.45) is 14.7. The molecule has 0 spiro atoms. The number of aliphatic imine (C=N–C) groups is 1. The number of benzene rings is 1. The first kappa shape index (κ1) is 31.7. The molecule has 4 nitrogen and oxygen atoms in total. The van der Waals surface area contributed by atoms with E-state index in [1.54, 1.807) is 14.2 Å². The van der Waals surface area contributed by atoms with Gasteiger partial charge in [-0.25, -0.2) is 4.99 Å². The fourth-order valence-corrected chi connectivity index (χ4v) is 2.26. The van der Waals surface area contributed by atoms with Crippen LogP contribution in [-0.2, 0) is 14.2 Å². The number of halogens is 2. The molecular weight excluding hydrogens is 609 g/mol. The first-order chi connectivity index (χ1) is 14.0. The van der Waals surface area contributed by atoms with Gasteiger partial charge in [0.1, 0.15) is 18.1 Å². The maximum atomic E-state index is 5.47. The van der Waals surface area contributed by atoms with Crippen LogP contribution in [0.25, 0.3) is 0 Å². The Morgan fingerprint density at radius 1 is 0.906 bits per heavy atom. The van der Waals surface area contributed by atoms with Gasteiger partial charge in [0, 0.05) is 5.56 Å². The second-order valence-electron chi connectivity index (χ2n) is 6.67. The number of allylic oxidation sites excluding steroid dienone is 4. The summed E-state index contributed by atoms with van der Waals surface area (Å²) >= 11 is 0. The SMILES string of the molecule is CC1(C)COC(c2[c]cccc2)=N1.COC1=CC=C=C[CH]1.COC1=CC=C=C[CH]1.[Bi+2].[F-].[F-]. The van der Waals surface area contributed by atoms with E-state index in [9.17, 15) is 0 Å². The first-order valence-corrected chi connectivity index (χ1v) is 9.24. The van der Waals surface area contributed by atoms with E-state index >= 15 is 0 Å². The molecule has 0 aromatic heterocycles. The van der Waals surface area contributed by atoms with Gasteiger partial charge in [0.05, 0.1) is 32.6 Å². The molecule has 1 heterocycles. The van der Waals surface area contributed by atoms with Crippen molar-refractivity contribution in [3.63, 3.8) is 0 Å². The molecule has 168 valence electrons. The quantitative estimate of drug-likeness (QED) is 0.302. The number of ether oxygens (including phenoxy) is 3. The van der Waals surface area contributed by atoms with Crippen LogP contribution in [0.5, 0.6) is 0 Å². The molecule has 0 N–H and O–H groups in total. The largest absolute Gasteiger partial charge is 2.00 e. The standard InChI is InChI=1S/C11H12NO.2C7H7O.Bi.2FH/c1-11(2)8-13-10(12-11)9-6-4-3-5-7-9;2*1-8-7-5-3-2-4-6-7;;;/h3-6H,8H2,1-2H3;2*3-6H,1H3;;2*1H/q;;;+2;;/p-2. The zero-order valence-corrected chi connectivity index (χ0v) is 22.0. The molecule has 6 radical (unpaired) electrons. The number of methoxy groups -OCH3 is 2. The van der Waals surface area contributed by atoms with Gasteiger partial charge in [0.15, 0.2) is 0 Å². The molecular formula is C25H26BiF2NO3. The number of rotatable bonds is 3. The minimum absolute atomic E-state index is 0. The van der Waals surface area contributed by atoms with Crippen LogP contribution in [0.15, 0.2) is 88.7 Å². The van der Waals surface area contributed by atoms with Crippen LogP contribution >= 0.6 is 0 Å². The van der Waals surface area contributed by atoms with Crippen LogP contribution in [0.3, 0.4) is 0 Å². The van der Waals surface area contributed by atoms with Gasteiger partial charge in [-0.05, 0) is 62.4 Å². The van der Waals surface area contributed by atoms with Crippen LogP contribution in [0.2, 0.25) is 0 Å². The van der Waals surface area contributed by atoms with Crippen molar-refractivity contribution in [3.05, 3.63) is 108 Å². The Kier molecular flexibility index (Phi) is 17.0. The molecule has 0 unspecified atom stereocenters. The fraction of sp³-hybridized carbons (Fsp3) is 0.240. The van der Waals surface area contributed by atoms with Crippen molar-refractivity contribution in [1.29, 1.82) is 0 Å². The van der Waals surface area contributed by atoms with Gasteiger partial charge in [-0.15, -0.1) is 11.5 Å². The molecule has 4 rings (SSSR count). The van der Waals surface area contributed by atoms with E-state index in [1.165, 1.54) is 0 Å². The molecule has 0 bridgehead atoms. The molecule has 2 aliphatic carbocycles. The van der Waals surface area contributed by atoms with Gasteiger partial charge in [-0.1, -0.05) is 18.2 Å². The van der Waals surface area contributed by atoms with Gasteiger partial charge in [-0.3, -0.25) is 0 Å². The van der Waals surface area contributed by atoms with Crippen LogP contribution in [0.4, 0.5) is 0 Å². The minimum Gasteiger partial charge on any atom is -1.00 e. The van der Waals surface area contributed by atoms with E-state index < -0.39 is 0 Å². The van der Waals surface area contributed by atoms with Crippen LogP contribution in [0, 0.1) is 18.9 Å². The summed E-state index contributed by atoms with van der Waals surface area (Å²) < 4.78 is 15.3. The third-order valence-corrected chi connectivity index (χ3v) is 3.75. The van der Waals surface area contributed by atoms with Gasteiger partial charge >= 0.3 is 26.2 Å². The third kappa shape index (κ3) is 11.8. The Hall–Kier alpha value is -2.45. The van der Waals surface area contributed by atoms with E-state index in [2.05, 4.69) is 36.4 Å². The van der Waals surface area contributed by atoms with Gasteiger partial charge in [-0.2, -0.15) is 0 Å². The third-order valence-electron chi connectivity index (χ3n) is 3.75. The minimum atomic E-state index is -0.0843. The monoisotopic (exact) mass is 635 g/mol. The van der Waals surface area contributed by atoms with Crippen molar-refractivity contribution >= 4 is 32.1 Å². The molecule has 0 fully saturated rings. The van der Waals surface area contributed by atoms with Crippen molar-refractivity contribution in [3.8, 4) is 0 Å². The summed E-state index contributed by atoms with van der Waals surface area (Å²) in [7, 11) is 3.30. The summed E-state index contributed by atoms with van der Waals surface area (Å²) in [5.74, 6) is 2.47. The number of hydrogen-bond acceptors (Lipinski definition) is 4. The maximum Gasteiger partial charge on any atom is 2.00 e.